The summed E-state index contributed by atoms with van der Waals surface area (Å²) in [5, 5.41) is 8.95. The summed E-state index contributed by atoms with van der Waals surface area (Å²) in [5.74, 6) is -1.34. The van der Waals surface area contributed by atoms with Gasteiger partial charge in [0.2, 0.25) is 0 Å². The minimum Gasteiger partial charge on any atom is -0.478 e. The van der Waals surface area contributed by atoms with E-state index in [-0.39, 0.29) is 11.4 Å². The lowest BCUT2D eigenvalue weighted by atomic mass is 10.2. The van der Waals surface area contributed by atoms with Gasteiger partial charge in [0.25, 0.3) is 0 Å². The molecule has 3 rings (SSSR count). The molecule has 0 aliphatic heterocycles. The summed E-state index contributed by atoms with van der Waals surface area (Å²) in [7, 11) is 0. The Bertz CT molecular complexity index is 829. The number of carbonyl (C=O) groups is 1. The number of imidazole rings is 1. The molecule has 0 radical (unpaired) electrons. The SMILES string of the molecule is O=C(O)c1ccn2cc(-c3ccc(F)c(Br)c3)nc2c1. The second-order valence-electron chi connectivity index (χ2n) is 4.24. The molecule has 2 heterocycles. The lowest BCUT2D eigenvalue weighted by Crippen LogP contribution is -1.96. The number of benzene rings is 1. The maximum atomic E-state index is 13.2. The van der Waals surface area contributed by atoms with Crippen molar-refractivity contribution in [3.05, 3.63) is 58.6 Å². The van der Waals surface area contributed by atoms with Gasteiger partial charge in [0.05, 0.1) is 15.7 Å². The molecule has 0 fully saturated rings. The van der Waals surface area contributed by atoms with Crippen LogP contribution in [-0.4, -0.2) is 20.5 Å². The number of aromatic carboxylic acids is 1. The van der Waals surface area contributed by atoms with Gasteiger partial charge in [-0.15, -0.1) is 0 Å². The monoisotopic (exact) mass is 334 g/mol. The van der Waals surface area contributed by atoms with Crippen LogP contribution in [0.15, 0.2) is 47.2 Å². The summed E-state index contributed by atoms with van der Waals surface area (Å²) in [4.78, 5) is 15.3. The largest absolute Gasteiger partial charge is 0.478 e. The van der Waals surface area contributed by atoms with E-state index in [0.717, 1.165) is 5.56 Å². The molecular formula is C14H8BrFN2O2. The van der Waals surface area contributed by atoms with E-state index in [9.17, 15) is 9.18 Å². The minimum absolute atomic E-state index is 0.176. The molecule has 1 aromatic carbocycles. The van der Waals surface area contributed by atoms with Crippen molar-refractivity contribution in [1.82, 2.24) is 9.38 Å². The highest BCUT2D eigenvalue weighted by atomic mass is 79.9. The average Bonchev–Trinajstić information content (AvgIpc) is 2.84. The molecule has 0 bridgehead atoms. The second-order valence-corrected chi connectivity index (χ2v) is 5.10. The Kier molecular flexibility index (Phi) is 3.02. The first-order valence-electron chi connectivity index (χ1n) is 5.72. The number of pyridine rings is 1. The van der Waals surface area contributed by atoms with E-state index >= 15 is 0 Å². The summed E-state index contributed by atoms with van der Waals surface area (Å²) < 4.78 is 15.3. The van der Waals surface area contributed by atoms with Gasteiger partial charge in [-0.1, -0.05) is 0 Å². The number of fused-ring (bicyclic) bond motifs is 1. The van der Waals surface area contributed by atoms with Crippen LogP contribution in [0.25, 0.3) is 16.9 Å². The zero-order chi connectivity index (χ0) is 14.3. The Hall–Kier alpha value is -2.21. The number of halogens is 2. The van der Waals surface area contributed by atoms with E-state index < -0.39 is 5.97 Å². The fraction of sp³-hybridized carbons (Fsp3) is 0. The lowest BCUT2D eigenvalue weighted by molar-refractivity contribution is 0.0697. The first kappa shape index (κ1) is 12.8. The van der Waals surface area contributed by atoms with Crippen LogP contribution in [0.1, 0.15) is 10.4 Å². The molecule has 100 valence electrons. The predicted octanol–water partition coefficient (Wildman–Crippen LogP) is 3.60. The molecule has 0 atom stereocenters. The van der Waals surface area contributed by atoms with Gasteiger partial charge >= 0.3 is 5.97 Å². The van der Waals surface area contributed by atoms with Crippen molar-refractivity contribution in [2.24, 2.45) is 0 Å². The molecule has 3 aromatic rings. The molecule has 2 aromatic heterocycles. The van der Waals surface area contributed by atoms with Gasteiger partial charge in [-0.25, -0.2) is 14.2 Å². The summed E-state index contributed by atoms with van der Waals surface area (Å²) in [6, 6.07) is 7.60. The quantitative estimate of drug-likeness (QED) is 0.779. The third kappa shape index (κ3) is 2.18. The Morgan fingerprint density at radius 2 is 2.10 bits per heavy atom. The van der Waals surface area contributed by atoms with Gasteiger partial charge in [0.1, 0.15) is 11.5 Å². The summed E-state index contributed by atoms with van der Waals surface area (Å²) in [6.45, 7) is 0. The topological polar surface area (TPSA) is 54.6 Å². The van der Waals surface area contributed by atoms with Crippen LogP contribution in [0, 0.1) is 5.82 Å². The van der Waals surface area contributed by atoms with Crippen molar-refractivity contribution < 1.29 is 14.3 Å². The van der Waals surface area contributed by atoms with Crippen molar-refractivity contribution in [1.29, 1.82) is 0 Å². The van der Waals surface area contributed by atoms with Crippen molar-refractivity contribution >= 4 is 27.5 Å². The second kappa shape index (κ2) is 4.72. The van der Waals surface area contributed by atoms with Crippen LogP contribution < -0.4 is 0 Å². The summed E-state index contributed by atoms with van der Waals surface area (Å²) in [6.07, 6.45) is 3.40. The standard InChI is InChI=1S/C14H8BrFN2O2/c15-10-5-8(1-2-11(10)16)12-7-18-4-3-9(14(19)20)6-13(18)17-12/h1-7H,(H,19,20). The lowest BCUT2D eigenvalue weighted by Gasteiger charge is -1.98. The first-order valence-corrected chi connectivity index (χ1v) is 6.51. The highest BCUT2D eigenvalue weighted by Gasteiger charge is 2.09. The van der Waals surface area contributed by atoms with E-state index in [1.54, 1.807) is 28.9 Å². The molecule has 0 saturated carbocycles. The van der Waals surface area contributed by atoms with E-state index in [4.69, 9.17) is 5.11 Å². The van der Waals surface area contributed by atoms with E-state index in [1.165, 1.54) is 18.2 Å². The van der Waals surface area contributed by atoms with Gasteiger partial charge in [0, 0.05) is 18.0 Å². The number of carboxylic acid groups (broad SMARTS) is 1. The summed E-state index contributed by atoms with van der Waals surface area (Å²) >= 11 is 3.13. The molecule has 0 aliphatic carbocycles. The highest BCUT2D eigenvalue weighted by molar-refractivity contribution is 9.10. The van der Waals surface area contributed by atoms with Crippen molar-refractivity contribution in [2.45, 2.75) is 0 Å². The fourth-order valence-electron chi connectivity index (χ4n) is 1.91. The van der Waals surface area contributed by atoms with Crippen molar-refractivity contribution in [2.75, 3.05) is 0 Å². The number of hydrogen-bond acceptors (Lipinski definition) is 2. The number of aromatic nitrogens is 2. The Labute approximate surface area is 121 Å². The van der Waals surface area contributed by atoms with E-state index in [1.807, 2.05) is 0 Å². The minimum atomic E-state index is -0.999. The Morgan fingerprint density at radius 3 is 2.80 bits per heavy atom. The van der Waals surface area contributed by atoms with Gasteiger partial charge in [-0.2, -0.15) is 0 Å². The molecule has 0 saturated heterocycles. The Balaban J connectivity index is 2.12. The number of nitrogens with zero attached hydrogens (tertiary/aromatic N) is 2. The maximum Gasteiger partial charge on any atom is 0.335 e. The number of carboxylic acids is 1. The molecule has 6 heteroatoms. The van der Waals surface area contributed by atoms with Gasteiger partial charge in [-0.05, 0) is 46.3 Å². The van der Waals surface area contributed by atoms with Gasteiger partial charge < -0.3 is 9.51 Å². The van der Waals surface area contributed by atoms with Crippen LogP contribution in [-0.2, 0) is 0 Å². The number of hydrogen-bond donors (Lipinski definition) is 1. The third-order valence-electron chi connectivity index (χ3n) is 2.92. The molecule has 1 N–H and O–H groups in total. The van der Waals surface area contributed by atoms with Crippen LogP contribution in [0.3, 0.4) is 0 Å². The molecule has 0 amide bonds. The maximum absolute atomic E-state index is 13.2. The van der Waals surface area contributed by atoms with Crippen LogP contribution in [0.2, 0.25) is 0 Å². The fourth-order valence-corrected chi connectivity index (χ4v) is 2.29. The molecule has 0 aliphatic rings. The first-order chi connectivity index (χ1) is 9.54. The normalized spacial score (nSPS) is 10.9. The smallest absolute Gasteiger partial charge is 0.335 e. The van der Waals surface area contributed by atoms with Crippen molar-refractivity contribution in [3.63, 3.8) is 0 Å². The Morgan fingerprint density at radius 1 is 1.30 bits per heavy atom. The van der Waals surface area contributed by atoms with Crippen molar-refractivity contribution in [3.8, 4) is 11.3 Å². The number of rotatable bonds is 2. The third-order valence-corrected chi connectivity index (χ3v) is 3.53. The molecule has 20 heavy (non-hydrogen) atoms. The molecule has 0 unspecified atom stereocenters. The van der Waals surface area contributed by atoms with Gasteiger partial charge in [-0.3, -0.25) is 0 Å². The predicted molar refractivity (Wildman–Crippen MR) is 75.2 cm³/mol. The van der Waals surface area contributed by atoms with Crippen LogP contribution in [0.5, 0.6) is 0 Å². The molecule has 4 nitrogen and oxygen atoms in total. The van der Waals surface area contributed by atoms with Crippen LogP contribution in [0.4, 0.5) is 4.39 Å². The summed E-state index contributed by atoms with van der Waals surface area (Å²) in [5.41, 5.74) is 2.10. The zero-order valence-electron chi connectivity index (χ0n) is 10.0. The highest BCUT2D eigenvalue weighted by Crippen LogP contribution is 2.25. The van der Waals surface area contributed by atoms with Gasteiger partial charge in [0.15, 0.2) is 0 Å². The average molecular weight is 335 g/mol. The zero-order valence-corrected chi connectivity index (χ0v) is 11.6. The van der Waals surface area contributed by atoms with Crippen LogP contribution >= 0.6 is 15.9 Å². The van der Waals surface area contributed by atoms with E-state index in [2.05, 4.69) is 20.9 Å². The molecule has 0 spiro atoms. The van der Waals surface area contributed by atoms with E-state index in [0.29, 0.717) is 15.8 Å². The molecular weight excluding hydrogens is 327 g/mol.